The smallest absolute Gasteiger partial charge is 0.230 e. The molecule has 1 fully saturated rings. The van der Waals surface area contributed by atoms with Gasteiger partial charge in [0, 0.05) is 14.1 Å². The van der Waals surface area contributed by atoms with E-state index < -0.39 is 10.0 Å². The summed E-state index contributed by atoms with van der Waals surface area (Å²) in [5, 5.41) is 0. The minimum Gasteiger partial charge on any atom is -0.487 e. The molecule has 1 saturated carbocycles. The second kappa shape index (κ2) is 4.64. The molecule has 1 aromatic rings. The topological polar surface area (TPSA) is 71.5 Å². The standard InChI is InChI=1S/C11H17N3O3S/c1-14(2)9-6-12-7-10(17-8-4-5-8)11(9)13-18(3,15)16/h6-8H,4-5H2,1-3H3,(H,12,13). The van der Waals surface area contributed by atoms with Gasteiger partial charge in [-0.15, -0.1) is 0 Å². The van der Waals surface area contributed by atoms with Crippen molar-refractivity contribution < 1.29 is 13.2 Å². The predicted molar refractivity (Wildman–Crippen MR) is 70.7 cm³/mol. The fourth-order valence-electron chi connectivity index (χ4n) is 1.51. The molecule has 1 N–H and O–H groups in total. The molecule has 0 aliphatic heterocycles. The number of ether oxygens (including phenoxy) is 1. The molecule has 0 amide bonds. The number of rotatable bonds is 5. The number of hydrogen-bond donors (Lipinski definition) is 1. The number of sulfonamides is 1. The third-order valence-electron chi connectivity index (χ3n) is 2.48. The maximum absolute atomic E-state index is 11.4. The minimum absolute atomic E-state index is 0.185. The molecule has 0 radical (unpaired) electrons. The zero-order valence-corrected chi connectivity index (χ0v) is 11.5. The molecular formula is C11H17N3O3S. The molecule has 1 aliphatic carbocycles. The first-order valence-electron chi connectivity index (χ1n) is 5.66. The van der Waals surface area contributed by atoms with Crippen LogP contribution in [-0.2, 0) is 10.0 Å². The van der Waals surface area contributed by atoms with Crippen LogP contribution in [-0.4, -0.2) is 39.9 Å². The van der Waals surface area contributed by atoms with Crippen LogP contribution in [0.5, 0.6) is 5.75 Å². The van der Waals surface area contributed by atoms with Gasteiger partial charge in [0.2, 0.25) is 10.0 Å². The molecular weight excluding hydrogens is 254 g/mol. The van der Waals surface area contributed by atoms with E-state index in [9.17, 15) is 8.42 Å². The number of nitrogens with zero attached hydrogens (tertiary/aromatic N) is 2. The average molecular weight is 271 g/mol. The number of hydrogen-bond acceptors (Lipinski definition) is 5. The molecule has 1 aliphatic rings. The Kier molecular flexibility index (Phi) is 3.34. The maximum atomic E-state index is 11.4. The Morgan fingerprint density at radius 3 is 2.56 bits per heavy atom. The highest BCUT2D eigenvalue weighted by Gasteiger charge is 2.26. The Morgan fingerprint density at radius 1 is 1.39 bits per heavy atom. The lowest BCUT2D eigenvalue weighted by Crippen LogP contribution is -2.17. The molecule has 0 aromatic carbocycles. The Labute approximate surface area is 107 Å². The number of anilines is 2. The number of nitrogens with one attached hydrogen (secondary N) is 1. The molecule has 0 unspecified atom stereocenters. The lowest BCUT2D eigenvalue weighted by Gasteiger charge is -2.20. The summed E-state index contributed by atoms with van der Waals surface area (Å²) in [7, 11) is 0.294. The third-order valence-corrected chi connectivity index (χ3v) is 3.05. The van der Waals surface area contributed by atoms with Crippen LogP contribution >= 0.6 is 0 Å². The van der Waals surface area contributed by atoms with Gasteiger partial charge in [0.05, 0.1) is 30.4 Å². The first-order valence-corrected chi connectivity index (χ1v) is 7.56. The van der Waals surface area contributed by atoms with Crippen LogP contribution in [0.1, 0.15) is 12.8 Å². The van der Waals surface area contributed by atoms with Crippen molar-refractivity contribution >= 4 is 21.4 Å². The Bertz CT molecular complexity index is 538. The van der Waals surface area contributed by atoms with Gasteiger partial charge in [-0.1, -0.05) is 0 Å². The van der Waals surface area contributed by atoms with Crippen LogP contribution in [0.3, 0.4) is 0 Å². The van der Waals surface area contributed by atoms with Crippen molar-refractivity contribution in [3.05, 3.63) is 12.4 Å². The summed E-state index contributed by atoms with van der Waals surface area (Å²) in [6, 6.07) is 0. The Balaban J connectivity index is 2.40. The number of aromatic nitrogens is 1. The zero-order valence-electron chi connectivity index (χ0n) is 10.7. The summed E-state index contributed by atoms with van der Waals surface area (Å²) in [4.78, 5) is 5.87. The van der Waals surface area contributed by atoms with Gasteiger partial charge in [-0.3, -0.25) is 9.71 Å². The monoisotopic (exact) mass is 271 g/mol. The first-order chi connectivity index (χ1) is 8.37. The summed E-state index contributed by atoms with van der Waals surface area (Å²) in [6.45, 7) is 0. The molecule has 0 atom stereocenters. The number of pyridine rings is 1. The van der Waals surface area contributed by atoms with E-state index in [1.54, 1.807) is 17.3 Å². The second-order valence-electron chi connectivity index (χ2n) is 4.62. The van der Waals surface area contributed by atoms with Gasteiger partial charge in [0.15, 0.2) is 5.75 Å². The summed E-state index contributed by atoms with van der Waals surface area (Å²) in [5.41, 5.74) is 1.13. The van der Waals surface area contributed by atoms with Crippen molar-refractivity contribution in [3.8, 4) is 5.75 Å². The van der Waals surface area contributed by atoms with Crippen LogP contribution in [0.2, 0.25) is 0 Å². The first kappa shape index (κ1) is 12.9. The summed E-state index contributed by atoms with van der Waals surface area (Å²) in [5.74, 6) is 0.481. The van der Waals surface area contributed by atoms with Crippen molar-refractivity contribution in [1.82, 2.24) is 4.98 Å². The summed E-state index contributed by atoms with van der Waals surface area (Å²) >= 11 is 0. The van der Waals surface area contributed by atoms with E-state index in [-0.39, 0.29) is 6.10 Å². The van der Waals surface area contributed by atoms with Crippen molar-refractivity contribution in [2.75, 3.05) is 30.0 Å². The van der Waals surface area contributed by atoms with E-state index in [2.05, 4.69) is 9.71 Å². The fraction of sp³-hybridized carbons (Fsp3) is 0.545. The largest absolute Gasteiger partial charge is 0.487 e. The molecule has 6 nitrogen and oxygen atoms in total. The predicted octanol–water partition coefficient (Wildman–Crippen LogP) is 1.06. The molecule has 18 heavy (non-hydrogen) atoms. The van der Waals surface area contributed by atoms with Gasteiger partial charge >= 0.3 is 0 Å². The third kappa shape index (κ3) is 3.25. The molecule has 7 heteroatoms. The quantitative estimate of drug-likeness (QED) is 0.867. The molecule has 2 rings (SSSR count). The second-order valence-corrected chi connectivity index (χ2v) is 6.37. The van der Waals surface area contributed by atoms with E-state index in [1.165, 1.54) is 0 Å². The highest BCUT2D eigenvalue weighted by atomic mass is 32.2. The van der Waals surface area contributed by atoms with Gasteiger partial charge in [0.1, 0.15) is 5.69 Å². The highest BCUT2D eigenvalue weighted by molar-refractivity contribution is 7.92. The zero-order chi connectivity index (χ0) is 13.3. The SMILES string of the molecule is CN(C)c1cncc(OC2CC2)c1NS(C)(=O)=O. The highest BCUT2D eigenvalue weighted by Crippen LogP contribution is 2.37. The summed E-state index contributed by atoms with van der Waals surface area (Å²) in [6.07, 6.45) is 6.46. The van der Waals surface area contributed by atoms with Crippen LogP contribution < -0.4 is 14.4 Å². The van der Waals surface area contributed by atoms with E-state index in [4.69, 9.17) is 4.74 Å². The lowest BCUT2D eigenvalue weighted by atomic mass is 10.3. The van der Waals surface area contributed by atoms with Crippen LogP contribution in [0.4, 0.5) is 11.4 Å². The molecule has 1 aromatic heterocycles. The van der Waals surface area contributed by atoms with Crippen molar-refractivity contribution in [3.63, 3.8) is 0 Å². The Hall–Kier alpha value is -1.50. The normalized spacial score (nSPS) is 15.3. The average Bonchev–Trinajstić information content (AvgIpc) is 3.02. The molecule has 100 valence electrons. The van der Waals surface area contributed by atoms with E-state index in [1.807, 2.05) is 14.1 Å². The molecule has 0 saturated heterocycles. The maximum Gasteiger partial charge on any atom is 0.230 e. The van der Waals surface area contributed by atoms with Crippen LogP contribution in [0.25, 0.3) is 0 Å². The minimum atomic E-state index is -3.36. The van der Waals surface area contributed by atoms with E-state index in [0.717, 1.165) is 19.1 Å². The van der Waals surface area contributed by atoms with E-state index in [0.29, 0.717) is 17.1 Å². The molecule has 0 bridgehead atoms. The van der Waals surface area contributed by atoms with Crippen molar-refractivity contribution in [1.29, 1.82) is 0 Å². The van der Waals surface area contributed by atoms with Crippen LogP contribution in [0, 0.1) is 0 Å². The Morgan fingerprint density at radius 2 is 2.06 bits per heavy atom. The van der Waals surface area contributed by atoms with Crippen LogP contribution in [0.15, 0.2) is 12.4 Å². The lowest BCUT2D eigenvalue weighted by molar-refractivity contribution is 0.304. The van der Waals surface area contributed by atoms with Gasteiger partial charge in [-0.25, -0.2) is 8.42 Å². The van der Waals surface area contributed by atoms with Gasteiger partial charge in [0.25, 0.3) is 0 Å². The fourth-order valence-corrected chi connectivity index (χ4v) is 2.09. The van der Waals surface area contributed by atoms with Crippen molar-refractivity contribution in [2.45, 2.75) is 18.9 Å². The van der Waals surface area contributed by atoms with Crippen molar-refractivity contribution in [2.24, 2.45) is 0 Å². The summed E-state index contributed by atoms with van der Waals surface area (Å²) < 4.78 is 31.0. The molecule has 1 heterocycles. The molecule has 0 spiro atoms. The van der Waals surface area contributed by atoms with E-state index >= 15 is 0 Å². The van der Waals surface area contributed by atoms with Gasteiger partial charge in [-0.05, 0) is 12.8 Å². The van der Waals surface area contributed by atoms with Gasteiger partial charge < -0.3 is 9.64 Å². The van der Waals surface area contributed by atoms with Gasteiger partial charge in [-0.2, -0.15) is 0 Å².